The van der Waals surface area contributed by atoms with Gasteiger partial charge >= 0.3 is 0 Å². The Hall–Kier alpha value is -4.44. The molecule has 0 saturated heterocycles. The van der Waals surface area contributed by atoms with Crippen LogP contribution >= 0.6 is 11.5 Å². The Morgan fingerprint density at radius 3 is 2.34 bits per heavy atom. The molecule has 1 fully saturated rings. The van der Waals surface area contributed by atoms with Gasteiger partial charge in [-0.25, -0.2) is 4.39 Å². The molecule has 0 spiro atoms. The number of carbonyl (C=O) groups excluding carboxylic acids is 2. The predicted octanol–water partition coefficient (Wildman–Crippen LogP) is 6.00. The lowest BCUT2D eigenvalue weighted by Crippen LogP contribution is -2.46. The molecule has 0 aliphatic heterocycles. The molecule has 4 aromatic rings. The molecule has 41 heavy (non-hydrogen) atoms. The van der Waals surface area contributed by atoms with E-state index in [2.05, 4.69) is 9.69 Å². The Morgan fingerprint density at radius 1 is 1.00 bits per heavy atom. The van der Waals surface area contributed by atoms with Crippen LogP contribution < -0.4 is 25.4 Å². The van der Waals surface area contributed by atoms with Crippen molar-refractivity contribution in [1.82, 2.24) is 9.69 Å². The third kappa shape index (κ3) is 6.02. The molecule has 1 atom stereocenters. The fourth-order valence-electron chi connectivity index (χ4n) is 5.07. The van der Waals surface area contributed by atoms with E-state index in [-0.39, 0.29) is 22.5 Å². The van der Waals surface area contributed by atoms with E-state index in [1.165, 1.54) is 24.1 Å². The molecular weight excluding hydrogens is 543 g/mol. The largest absolute Gasteiger partial charge is 0.497 e. The van der Waals surface area contributed by atoms with Crippen LogP contribution in [0.25, 0.3) is 11.3 Å². The lowest BCUT2D eigenvalue weighted by atomic mass is 10.0. The monoisotopic (exact) mass is 574 g/mol. The number of hydrogen-bond acceptors (Lipinski definition) is 7. The highest BCUT2D eigenvalue weighted by Gasteiger charge is 2.37. The van der Waals surface area contributed by atoms with Crippen LogP contribution in [0.1, 0.15) is 47.0 Å². The van der Waals surface area contributed by atoms with E-state index in [1.807, 2.05) is 0 Å². The Labute approximate surface area is 242 Å². The molecule has 1 saturated carbocycles. The fraction of sp³-hybridized carbons (Fsp3) is 0.258. The lowest BCUT2D eigenvalue weighted by molar-refractivity contribution is -0.123. The first-order valence-electron chi connectivity index (χ1n) is 13.3. The first-order chi connectivity index (χ1) is 19.9. The third-order valence-electron chi connectivity index (χ3n) is 7.23. The van der Waals surface area contributed by atoms with Gasteiger partial charge in [-0.1, -0.05) is 31.0 Å². The summed E-state index contributed by atoms with van der Waals surface area (Å²) in [6.45, 7) is 0. The number of carbonyl (C=O) groups is 2. The zero-order chi connectivity index (χ0) is 28.9. The number of amides is 2. The van der Waals surface area contributed by atoms with E-state index in [0.717, 1.165) is 37.2 Å². The molecule has 1 aromatic heterocycles. The predicted molar refractivity (Wildman–Crippen MR) is 158 cm³/mol. The maximum atomic E-state index is 14.5. The molecular formula is C31H31FN4O4S. The van der Waals surface area contributed by atoms with Crippen molar-refractivity contribution in [2.75, 3.05) is 24.9 Å². The molecule has 0 bridgehead atoms. The topological polar surface area (TPSA) is 107 Å². The van der Waals surface area contributed by atoms with Crippen molar-refractivity contribution in [1.29, 1.82) is 0 Å². The minimum absolute atomic E-state index is 0.0315. The standard InChI is InChI=1S/C31H31FN4O4S/c1-39-24-16-12-20(13-17-24)28(30(37)34-22-6-3-4-7-22)36(23-8-5-9-25(18-23)40-2)31(38)29-26(33)27(35-41-29)19-10-14-21(32)15-11-19/h5,8-18,22,28H,3-4,6-7,33H2,1-2H3,(H,34,37)/t28-/m1/s1. The van der Waals surface area contributed by atoms with Gasteiger partial charge in [-0.3, -0.25) is 14.5 Å². The quantitative estimate of drug-likeness (QED) is 0.254. The summed E-state index contributed by atoms with van der Waals surface area (Å²) >= 11 is 0.937. The number of ether oxygens (including phenoxy) is 2. The van der Waals surface area contributed by atoms with Crippen molar-refractivity contribution in [2.45, 2.75) is 37.8 Å². The minimum atomic E-state index is -1.03. The van der Waals surface area contributed by atoms with Crippen LogP contribution in [0.2, 0.25) is 0 Å². The normalized spacial score (nSPS) is 13.9. The van der Waals surface area contributed by atoms with Crippen LogP contribution in [-0.4, -0.2) is 36.4 Å². The highest BCUT2D eigenvalue weighted by atomic mass is 32.1. The average molecular weight is 575 g/mol. The Bertz CT molecular complexity index is 1520. The molecule has 1 aliphatic carbocycles. The Kier molecular flexibility index (Phi) is 8.49. The van der Waals surface area contributed by atoms with Gasteiger partial charge in [0.15, 0.2) is 0 Å². The molecule has 3 N–H and O–H groups in total. The molecule has 1 heterocycles. The summed E-state index contributed by atoms with van der Waals surface area (Å²) in [5.74, 6) is -0.0457. The molecule has 0 radical (unpaired) electrons. The number of nitrogens with one attached hydrogen (secondary N) is 1. The van der Waals surface area contributed by atoms with Crippen molar-refractivity contribution in [2.24, 2.45) is 0 Å². The van der Waals surface area contributed by atoms with Crippen LogP contribution in [0.5, 0.6) is 11.5 Å². The van der Waals surface area contributed by atoms with E-state index in [9.17, 15) is 14.0 Å². The molecule has 5 rings (SSSR count). The molecule has 8 nitrogen and oxygen atoms in total. The van der Waals surface area contributed by atoms with Crippen molar-refractivity contribution >= 4 is 34.7 Å². The van der Waals surface area contributed by atoms with Gasteiger partial charge in [-0.15, -0.1) is 0 Å². The number of nitrogens with zero attached hydrogens (tertiary/aromatic N) is 2. The minimum Gasteiger partial charge on any atom is -0.497 e. The number of nitrogen functional groups attached to an aromatic ring is 1. The molecule has 3 aromatic carbocycles. The SMILES string of the molecule is COc1ccc([C@H](C(=O)NC2CCCC2)N(C(=O)c2snc(-c3ccc(F)cc3)c2N)c2cccc(OC)c2)cc1. The Balaban J connectivity index is 1.63. The molecule has 2 amide bonds. The van der Waals surface area contributed by atoms with Crippen molar-refractivity contribution in [3.05, 3.63) is 89.1 Å². The lowest BCUT2D eigenvalue weighted by Gasteiger charge is -2.32. The number of halogens is 1. The zero-order valence-electron chi connectivity index (χ0n) is 22.8. The van der Waals surface area contributed by atoms with Crippen LogP contribution in [0, 0.1) is 5.82 Å². The summed E-state index contributed by atoms with van der Waals surface area (Å²) in [5.41, 5.74) is 8.66. The van der Waals surface area contributed by atoms with E-state index < -0.39 is 17.8 Å². The van der Waals surface area contributed by atoms with Crippen LogP contribution in [0.3, 0.4) is 0 Å². The van der Waals surface area contributed by atoms with Crippen LogP contribution in [0.15, 0.2) is 72.8 Å². The molecule has 0 unspecified atom stereocenters. The summed E-state index contributed by atoms with van der Waals surface area (Å²) < 4.78 is 28.8. The maximum absolute atomic E-state index is 14.5. The third-order valence-corrected chi connectivity index (χ3v) is 8.08. The first-order valence-corrected chi connectivity index (χ1v) is 14.1. The molecule has 212 valence electrons. The van der Waals surface area contributed by atoms with Gasteiger partial charge in [0.25, 0.3) is 5.91 Å². The summed E-state index contributed by atoms with van der Waals surface area (Å²) in [5, 5.41) is 3.17. The van der Waals surface area contributed by atoms with E-state index in [0.29, 0.717) is 34.0 Å². The highest BCUT2D eigenvalue weighted by Crippen LogP contribution is 2.37. The summed E-state index contributed by atoms with van der Waals surface area (Å²) in [6, 6.07) is 18.8. The summed E-state index contributed by atoms with van der Waals surface area (Å²) in [4.78, 5) is 30.1. The van der Waals surface area contributed by atoms with E-state index in [4.69, 9.17) is 15.2 Å². The highest BCUT2D eigenvalue weighted by molar-refractivity contribution is 7.09. The zero-order valence-corrected chi connectivity index (χ0v) is 23.6. The second-order valence-corrected chi connectivity index (χ2v) is 10.6. The van der Waals surface area contributed by atoms with Crippen LogP contribution in [-0.2, 0) is 4.79 Å². The number of methoxy groups -OCH3 is 2. The number of aromatic nitrogens is 1. The van der Waals surface area contributed by atoms with Gasteiger partial charge in [0.05, 0.1) is 19.9 Å². The van der Waals surface area contributed by atoms with Gasteiger partial charge in [-0.05, 0) is 78.5 Å². The Morgan fingerprint density at radius 2 is 1.68 bits per heavy atom. The van der Waals surface area contributed by atoms with E-state index in [1.54, 1.807) is 67.8 Å². The maximum Gasteiger partial charge on any atom is 0.273 e. The molecule has 10 heteroatoms. The number of anilines is 2. The fourth-order valence-corrected chi connectivity index (χ4v) is 5.83. The van der Waals surface area contributed by atoms with Gasteiger partial charge < -0.3 is 20.5 Å². The van der Waals surface area contributed by atoms with E-state index >= 15 is 0 Å². The van der Waals surface area contributed by atoms with Gasteiger partial charge in [0, 0.05) is 23.4 Å². The second-order valence-electron chi connectivity index (χ2n) is 9.82. The number of rotatable bonds is 9. The summed E-state index contributed by atoms with van der Waals surface area (Å²) in [6.07, 6.45) is 3.86. The van der Waals surface area contributed by atoms with Gasteiger partial charge in [0.1, 0.15) is 33.9 Å². The van der Waals surface area contributed by atoms with Crippen molar-refractivity contribution in [3.8, 4) is 22.8 Å². The summed E-state index contributed by atoms with van der Waals surface area (Å²) in [7, 11) is 3.10. The van der Waals surface area contributed by atoms with Crippen molar-refractivity contribution in [3.63, 3.8) is 0 Å². The van der Waals surface area contributed by atoms with Gasteiger partial charge in [0.2, 0.25) is 5.91 Å². The van der Waals surface area contributed by atoms with Gasteiger partial charge in [-0.2, -0.15) is 4.37 Å². The van der Waals surface area contributed by atoms with Crippen LogP contribution in [0.4, 0.5) is 15.8 Å². The smallest absolute Gasteiger partial charge is 0.273 e. The number of hydrogen-bond donors (Lipinski definition) is 2. The number of nitrogens with two attached hydrogens (primary N) is 1. The number of benzene rings is 3. The second kappa shape index (κ2) is 12.4. The average Bonchev–Trinajstić information content (AvgIpc) is 3.65. The first kappa shape index (κ1) is 28.1. The van der Waals surface area contributed by atoms with Crippen molar-refractivity contribution < 1.29 is 23.5 Å². The molecule has 1 aliphatic rings.